The molecule has 0 N–H and O–H groups in total. The highest BCUT2D eigenvalue weighted by Crippen LogP contribution is 2.25. The second kappa shape index (κ2) is 5.58. The molecule has 0 aliphatic heterocycles. The molecule has 2 aromatic carbocycles. The highest BCUT2D eigenvalue weighted by atomic mass is 32.2. The minimum atomic E-state index is -3.69. The Labute approximate surface area is 125 Å². The zero-order valence-corrected chi connectivity index (χ0v) is 13.0. The van der Waals surface area contributed by atoms with E-state index in [9.17, 15) is 8.42 Å². The third kappa shape index (κ3) is 2.91. The molecule has 0 bridgehead atoms. The molecular formula is C16H16N2O2S. The fourth-order valence-electron chi connectivity index (χ4n) is 1.99. The Kier molecular flexibility index (Phi) is 4.01. The van der Waals surface area contributed by atoms with Gasteiger partial charge in [0.2, 0.25) is 0 Å². The van der Waals surface area contributed by atoms with E-state index in [-0.39, 0.29) is 4.90 Å². The second-order valence-corrected chi connectivity index (χ2v) is 6.84. The molecule has 5 heteroatoms. The molecule has 21 heavy (non-hydrogen) atoms. The molecular weight excluding hydrogens is 284 g/mol. The van der Waals surface area contributed by atoms with Crippen LogP contribution in [0, 0.1) is 25.2 Å². The van der Waals surface area contributed by atoms with Gasteiger partial charge in [-0.15, -0.1) is 0 Å². The van der Waals surface area contributed by atoms with Crippen molar-refractivity contribution >= 4 is 15.7 Å². The summed E-state index contributed by atoms with van der Waals surface area (Å²) in [6, 6.07) is 13.9. The summed E-state index contributed by atoms with van der Waals surface area (Å²) in [5.74, 6) is 0. The van der Waals surface area contributed by atoms with Crippen molar-refractivity contribution in [1.82, 2.24) is 0 Å². The number of nitriles is 1. The molecule has 0 radical (unpaired) electrons. The lowest BCUT2D eigenvalue weighted by Crippen LogP contribution is -2.27. The first-order valence-electron chi connectivity index (χ1n) is 6.42. The molecule has 0 aromatic heterocycles. The van der Waals surface area contributed by atoms with Gasteiger partial charge in [0.25, 0.3) is 10.0 Å². The van der Waals surface area contributed by atoms with Gasteiger partial charge in [-0.25, -0.2) is 8.42 Å². The average molecular weight is 300 g/mol. The van der Waals surface area contributed by atoms with Crippen molar-refractivity contribution in [2.24, 2.45) is 0 Å². The van der Waals surface area contributed by atoms with E-state index in [0.717, 1.165) is 5.56 Å². The summed E-state index contributed by atoms with van der Waals surface area (Å²) in [5, 5.41) is 8.95. The molecule has 0 spiro atoms. The second-order valence-electron chi connectivity index (χ2n) is 4.90. The largest absolute Gasteiger partial charge is 0.269 e. The summed E-state index contributed by atoms with van der Waals surface area (Å²) in [4.78, 5) is 0.157. The summed E-state index contributed by atoms with van der Waals surface area (Å²) in [5.41, 5.74) is 2.60. The van der Waals surface area contributed by atoms with Crippen LogP contribution >= 0.6 is 0 Å². The van der Waals surface area contributed by atoms with E-state index < -0.39 is 10.0 Å². The van der Waals surface area contributed by atoms with Crippen LogP contribution in [-0.4, -0.2) is 15.5 Å². The molecule has 0 heterocycles. The molecule has 2 rings (SSSR count). The monoisotopic (exact) mass is 300 g/mol. The smallest absolute Gasteiger partial charge is 0.264 e. The SMILES string of the molecule is Cc1ccc(N(C)S(=O)(=O)c2cc(C#N)ccc2C)cc1. The van der Waals surface area contributed by atoms with Crippen molar-refractivity contribution in [3.63, 3.8) is 0 Å². The summed E-state index contributed by atoms with van der Waals surface area (Å²) < 4.78 is 26.7. The van der Waals surface area contributed by atoms with Crippen LogP contribution in [0.15, 0.2) is 47.4 Å². The van der Waals surface area contributed by atoms with Gasteiger partial charge in [-0.3, -0.25) is 4.31 Å². The number of aryl methyl sites for hydroxylation is 2. The Morgan fingerprint density at radius 1 is 1.05 bits per heavy atom. The predicted octanol–water partition coefficient (Wildman–Crippen LogP) is 3.00. The van der Waals surface area contributed by atoms with E-state index in [4.69, 9.17) is 5.26 Å². The van der Waals surface area contributed by atoms with Crippen LogP contribution in [0.4, 0.5) is 5.69 Å². The lowest BCUT2D eigenvalue weighted by Gasteiger charge is -2.21. The standard InChI is InChI=1S/C16H16N2O2S/c1-12-4-8-15(9-5-12)18(3)21(19,20)16-10-14(11-17)7-6-13(16)2/h4-10H,1-3H3. The van der Waals surface area contributed by atoms with Gasteiger partial charge in [0.1, 0.15) is 0 Å². The van der Waals surface area contributed by atoms with Crippen LogP contribution in [0.25, 0.3) is 0 Å². The minimum absolute atomic E-state index is 0.157. The van der Waals surface area contributed by atoms with Gasteiger partial charge in [0, 0.05) is 7.05 Å². The quantitative estimate of drug-likeness (QED) is 0.875. The summed E-state index contributed by atoms with van der Waals surface area (Å²) in [6.45, 7) is 3.66. The van der Waals surface area contributed by atoms with Crippen LogP contribution in [0.1, 0.15) is 16.7 Å². The molecule has 0 aliphatic carbocycles. The molecule has 0 saturated heterocycles. The van der Waals surface area contributed by atoms with Gasteiger partial charge in [0.15, 0.2) is 0 Å². The molecule has 0 aliphatic rings. The molecule has 108 valence electrons. The van der Waals surface area contributed by atoms with Crippen molar-refractivity contribution in [1.29, 1.82) is 5.26 Å². The Morgan fingerprint density at radius 2 is 1.67 bits per heavy atom. The fourth-order valence-corrected chi connectivity index (χ4v) is 3.43. The molecule has 0 saturated carbocycles. The minimum Gasteiger partial charge on any atom is -0.269 e. The maximum absolute atomic E-state index is 12.7. The summed E-state index contributed by atoms with van der Waals surface area (Å²) in [7, 11) is -2.17. The van der Waals surface area contributed by atoms with Gasteiger partial charge in [-0.05, 0) is 43.7 Å². The predicted molar refractivity (Wildman–Crippen MR) is 82.7 cm³/mol. The molecule has 0 unspecified atom stereocenters. The highest BCUT2D eigenvalue weighted by molar-refractivity contribution is 7.92. The van der Waals surface area contributed by atoms with E-state index in [2.05, 4.69) is 0 Å². The topological polar surface area (TPSA) is 61.2 Å². The number of anilines is 1. The first-order chi connectivity index (χ1) is 9.86. The Hall–Kier alpha value is -2.32. The number of hydrogen-bond donors (Lipinski definition) is 0. The van der Waals surface area contributed by atoms with E-state index in [1.165, 1.54) is 17.4 Å². The van der Waals surface area contributed by atoms with Crippen LogP contribution in [-0.2, 0) is 10.0 Å². The van der Waals surface area contributed by atoms with Gasteiger partial charge >= 0.3 is 0 Å². The Bertz CT molecular complexity index is 803. The molecule has 4 nitrogen and oxygen atoms in total. The van der Waals surface area contributed by atoms with Crippen molar-refractivity contribution in [2.75, 3.05) is 11.4 Å². The number of rotatable bonds is 3. The van der Waals surface area contributed by atoms with E-state index >= 15 is 0 Å². The average Bonchev–Trinajstić information content (AvgIpc) is 2.47. The van der Waals surface area contributed by atoms with Gasteiger partial charge in [-0.1, -0.05) is 23.8 Å². The number of nitrogens with zero attached hydrogens (tertiary/aromatic N) is 2. The fraction of sp³-hybridized carbons (Fsp3) is 0.188. The highest BCUT2D eigenvalue weighted by Gasteiger charge is 2.23. The number of benzene rings is 2. The number of sulfonamides is 1. The van der Waals surface area contributed by atoms with Gasteiger partial charge in [-0.2, -0.15) is 5.26 Å². The maximum Gasteiger partial charge on any atom is 0.264 e. The lowest BCUT2D eigenvalue weighted by atomic mass is 10.2. The molecule has 0 fully saturated rings. The zero-order valence-electron chi connectivity index (χ0n) is 12.2. The lowest BCUT2D eigenvalue weighted by molar-refractivity contribution is 0.593. The maximum atomic E-state index is 12.7. The molecule has 2 aromatic rings. The van der Waals surface area contributed by atoms with Gasteiger partial charge in [0.05, 0.1) is 22.2 Å². The molecule has 0 amide bonds. The van der Waals surface area contributed by atoms with Crippen molar-refractivity contribution in [3.8, 4) is 6.07 Å². The first kappa shape index (κ1) is 15.1. The normalized spacial score (nSPS) is 11.0. The summed E-state index contributed by atoms with van der Waals surface area (Å²) >= 11 is 0. The van der Waals surface area contributed by atoms with Crippen LogP contribution in [0.2, 0.25) is 0 Å². The van der Waals surface area contributed by atoms with Crippen molar-refractivity contribution in [3.05, 3.63) is 59.2 Å². The van der Waals surface area contributed by atoms with Crippen LogP contribution in [0.5, 0.6) is 0 Å². The van der Waals surface area contributed by atoms with E-state index in [1.54, 1.807) is 31.2 Å². The molecule has 0 atom stereocenters. The van der Waals surface area contributed by atoms with Crippen LogP contribution < -0.4 is 4.31 Å². The van der Waals surface area contributed by atoms with Crippen LogP contribution in [0.3, 0.4) is 0 Å². The van der Waals surface area contributed by atoms with Crippen molar-refractivity contribution in [2.45, 2.75) is 18.7 Å². The Balaban J connectivity index is 2.51. The zero-order chi connectivity index (χ0) is 15.6. The first-order valence-corrected chi connectivity index (χ1v) is 7.86. The van der Waals surface area contributed by atoms with E-state index in [0.29, 0.717) is 16.8 Å². The number of hydrogen-bond acceptors (Lipinski definition) is 3. The third-order valence-corrected chi connectivity index (χ3v) is 5.28. The third-order valence-electron chi connectivity index (χ3n) is 3.35. The summed E-state index contributed by atoms with van der Waals surface area (Å²) in [6.07, 6.45) is 0. The van der Waals surface area contributed by atoms with Gasteiger partial charge < -0.3 is 0 Å². The van der Waals surface area contributed by atoms with E-state index in [1.807, 2.05) is 25.1 Å². The Morgan fingerprint density at radius 3 is 2.24 bits per heavy atom. The van der Waals surface area contributed by atoms with Crippen molar-refractivity contribution < 1.29 is 8.42 Å².